The second-order valence-electron chi connectivity index (χ2n) is 4.34. The van der Waals surface area contributed by atoms with Crippen molar-refractivity contribution in [2.75, 3.05) is 0 Å². The summed E-state index contributed by atoms with van der Waals surface area (Å²) in [6.07, 6.45) is 5.14. The van der Waals surface area contributed by atoms with Crippen LogP contribution < -0.4 is 5.73 Å². The molecule has 0 aromatic heterocycles. The summed E-state index contributed by atoms with van der Waals surface area (Å²) in [5.41, 5.74) is 7.83. The quantitative estimate of drug-likeness (QED) is 0.549. The van der Waals surface area contributed by atoms with Gasteiger partial charge in [-0.2, -0.15) is 0 Å². The summed E-state index contributed by atoms with van der Waals surface area (Å²) in [4.78, 5) is 3.78. The van der Waals surface area contributed by atoms with Crippen LogP contribution in [0.15, 0.2) is 41.4 Å². The summed E-state index contributed by atoms with van der Waals surface area (Å²) in [5.74, 6) is 0.389. The Morgan fingerprint density at radius 3 is 2.68 bits per heavy atom. The Kier molecular flexibility index (Phi) is 5.67. The van der Waals surface area contributed by atoms with Crippen molar-refractivity contribution in [1.29, 1.82) is 10.8 Å². The van der Waals surface area contributed by atoms with Crippen molar-refractivity contribution >= 4 is 17.4 Å². The lowest BCUT2D eigenvalue weighted by Crippen LogP contribution is -2.07. The van der Waals surface area contributed by atoms with E-state index in [9.17, 15) is 0 Å². The molecule has 0 spiro atoms. The van der Waals surface area contributed by atoms with Gasteiger partial charge in [-0.25, -0.2) is 4.99 Å². The maximum absolute atomic E-state index is 7.97. The van der Waals surface area contributed by atoms with Crippen LogP contribution in [0.25, 0.3) is 0 Å². The molecule has 0 heterocycles. The smallest absolute Gasteiger partial charge is 0.146 e. The van der Waals surface area contributed by atoms with Crippen molar-refractivity contribution in [2.24, 2.45) is 10.7 Å². The number of amidine groups is 2. The standard InChI is InChI=1S/C15H20N4/c1-3-5-12-6-4-7-13(10-12)14(17)8-9-15(18)19-11(2)16/h4,6-10,17H,3,5H2,1-2H3,(H3,16,18,19)/b9-8-,17-14?. The van der Waals surface area contributed by atoms with E-state index < -0.39 is 0 Å². The van der Waals surface area contributed by atoms with Gasteiger partial charge in [-0.15, -0.1) is 0 Å². The van der Waals surface area contributed by atoms with Crippen molar-refractivity contribution in [3.8, 4) is 0 Å². The first-order chi connectivity index (χ1) is 9.02. The molecule has 4 heteroatoms. The maximum Gasteiger partial charge on any atom is 0.146 e. The molecule has 0 unspecified atom stereocenters. The van der Waals surface area contributed by atoms with Crippen LogP contribution in [0.1, 0.15) is 31.4 Å². The Hall–Kier alpha value is -2.23. The average Bonchev–Trinajstić information content (AvgIpc) is 2.36. The third kappa shape index (κ3) is 5.29. The molecule has 0 atom stereocenters. The van der Waals surface area contributed by atoms with Gasteiger partial charge in [-0.1, -0.05) is 31.5 Å². The molecule has 1 aromatic rings. The Labute approximate surface area is 114 Å². The highest BCUT2D eigenvalue weighted by Gasteiger charge is 1.99. The number of allylic oxidation sites excluding steroid dienone is 1. The van der Waals surface area contributed by atoms with Gasteiger partial charge in [-0.3, -0.25) is 5.41 Å². The van der Waals surface area contributed by atoms with Gasteiger partial charge in [0.05, 0.1) is 11.5 Å². The van der Waals surface area contributed by atoms with Crippen LogP contribution in [-0.4, -0.2) is 17.4 Å². The van der Waals surface area contributed by atoms with Gasteiger partial charge in [0, 0.05) is 0 Å². The SMILES string of the molecule is CCCc1cccc(C(=N)/C=C\C(=N)N=C(C)N)c1. The molecule has 0 aliphatic heterocycles. The summed E-state index contributed by atoms with van der Waals surface area (Å²) in [7, 11) is 0. The first-order valence-electron chi connectivity index (χ1n) is 6.28. The van der Waals surface area contributed by atoms with Crippen LogP contribution >= 0.6 is 0 Å². The van der Waals surface area contributed by atoms with E-state index in [1.165, 1.54) is 11.6 Å². The summed E-state index contributed by atoms with van der Waals surface area (Å²) in [6, 6.07) is 7.93. The molecule has 0 aliphatic carbocycles. The second kappa shape index (κ2) is 7.26. The fraction of sp³-hybridized carbons (Fsp3) is 0.267. The molecule has 1 rings (SSSR count). The Bertz CT molecular complexity index is 523. The van der Waals surface area contributed by atoms with E-state index >= 15 is 0 Å². The number of aliphatic imine (C=N–C) groups is 1. The number of aryl methyl sites for hydroxylation is 1. The molecule has 0 amide bonds. The highest BCUT2D eigenvalue weighted by Crippen LogP contribution is 2.08. The third-order valence-electron chi connectivity index (χ3n) is 2.48. The molecule has 4 nitrogen and oxygen atoms in total. The topological polar surface area (TPSA) is 86.1 Å². The largest absolute Gasteiger partial charge is 0.387 e. The van der Waals surface area contributed by atoms with E-state index in [2.05, 4.69) is 18.0 Å². The molecule has 19 heavy (non-hydrogen) atoms. The Morgan fingerprint density at radius 2 is 2.05 bits per heavy atom. The Morgan fingerprint density at radius 1 is 1.32 bits per heavy atom. The number of hydrogen-bond donors (Lipinski definition) is 3. The highest BCUT2D eigenvalue weighted by atomic mass is 14.9. The van der Waals surface area contributed by atoms with Crippen LogP contribution in [0.2, 0.25) is 0 Å². The van der Waals surface area contributed by atoms with E-state index in [1.807, 2.05) is 18.2 Å². The van der Waals surface area contributed by atoms with Crippen LogP contribution in [-0.2, 0) is 6.42 Å². The van der Waals surface area contributed by atoms with Crippen molar-refractivity contribution in [2.45, 2.75) is 26.7 Å². The van der Waals surface area contributed by atoms with Crippen molar-refractivity contribution in [3.63, 3.8) is 0 Å². The zero-order valence-corrected chi connectivity index (χ0v) is 11.4. The summed E-state index contributed by atoms with van der Waals surface area (Å²) in [6.45, 7) is 3.76. The fourth-order valence-electron chi connectivity index (χ4n) is 1.67. The van der Waals surface area contributed by atoms with Crippen LogP contribution in [0, 0.1) is 10.8 Å². The number of benzene rings is 1. The number of nitrogens with two attached hydrogens (primary N) is 1. The predicted molar refractivity (Wildman–Crippen MR) is 81.4 cm³/mol. The third-order valence-corrected chi connectivity index (χ3v) is 2.48. The van der Waals surface area contributed by atoms with Crippen molar-refractivity contribution in [1.82, 2.24) is 0 Å². The molecular weight excluding hydrogens is 236 g/mol. The fourth-order valence-corrected chi connectivity index (χ4v) is 1.67. The number of hydrogen-bond acceptors (Lipinski definition) is 2. The van der Waals surface area contributed by atoms with Gasteiger partial charge in [0.2, 0.25) is 0 Å². The first-order valence-corrected chi connectivity index (χ1v) is 6.28. The maximum atomic E-state index is 7.97. The van der Waals surface area contributed by atoms with E-state index in [-0.39, 0.29) is 5.84 Å². The van der Waals surface area contributed by atoms with E-state index in [0.717, 1.165) is 18.4 Å². The van der Waals surface area contributed by atoms with Crippen LogP contribution in [0.5, 0.6) is 0 Å². The lowest BCUT2D eigenvalue weighted by atomic mass is 10.0. The van der Waals surface area contributed by atoms with E-state index in [1.54, 1.807) is 13.0 Å². The molecule has 1 aromatic carbocycles. The first kappa shape index (κ1) is 14.8. The molecule has 0 fully saturated rings. The van der Waals surface area contributed by atoms with Gasteiger partial charge < -0.3 is 11.1 Å². The second-order valence-corrected chi connectivity index (χ2v) is 4.34. The van der Waals surface area contributed by atoms with Crippen molar-refractivity contribution in [3.05, 3.63) is 47.5 Å². The molecular formula is C15H20N4. The van der Waals surface area contributed by atoms with Gasteiger partial charge in [0.1, 0.15) is 5.84 Å². The molecule has 0 saturated carbocycles. The van der Waals surface area contributed by atoms with E-state index in [0.29, 0.717) is 11.5 Å². The highest BCUT2D eigenvalue weighted by molar-refractivity contribution is 6.10. The van der Waals surface area contributed by atoms with Gasteiger partial charge in [0.25, 0.3) is 0 Å². The van der Waals surface area contributed by atoms with Gasteiger partial charge in [-0.05, 0) is 42.7 Å². The minimum Gasteiger partial charge on any atom is -0.387 e. The molecule has 0 bridgehead atoms. The van der Waals surface area contributed by atoms with Crippen molar-refractivity contribution < 1.29 is 0 Å². The number of nitrogens with zero attached hydrogens (tertiary/aromatic N) is 1. The predicted octanol–water partition coefficient (Wildman–Crippen LogP) is 2.92. The van der Waals surface area contributed by atoms with Gasteiger partial charge in [0.15, 0.2) is 0 Å². The lowest BCUT2D eigenvalue weighted by Gasteiger charge is -2.03. The summed E-state index contributed by atoms with van der Waals surface area (Å²) < 4.78 is 0. The molecule has 4 N–H and O–H groups in total. The molecule has 0 saturated heterocycles. The summed E-state index contributed by atoms with van der Waals surface area (Å²) >= 11 is 0. The minimum absolute atomic E-state index is 0.0504. The zero-order valence-electron chi connectivity index (χ0n) is 11.4. The molecule has 100 valence electrons. The lowest BCUT2D eigenvalue weighted by molar-refractivity contribution is 0.921. The monoisotopic (exact) mass is 256 g/mol. The summed E-state index contributed by atoms with van der Waals surface area (Å²) in [5, 5.41) is 15.5. The van der Waals surface area contributed by atoms with Gasteiger partial charge >= 0.3 is 0 Å². The van der Waals surface area contributed by atoms with E-state index in [4.69, 9.17) is 16.6 Å². The Balaban J connectivity index is 2.78. The van der Waals surface area contributed by atoms with Crippen LogP contribution in [0.4, 0.5) is 0 Å². The zero-order chi connectivity index (χ0) is 14.3. The number of nitrogens with one attached hydrogen (secondary N) is 2. The normalized spacial score (nSPS) is 11.8. The molecule has 0 radical (unpaired) electrons. The number of rotatable bonds is 5. The average molecular weight is 256 g/mol. The minimum atomic E-state index is 0.0504. The van der Waals surface area contributed by atoms with Crippen LogP contribution in [0.3, 0.4) is 0 Å². The molecule has 0 aliphatic rings.